The zero-order chi connectivity index (χ0) is 23.1. The standard InChI is InChI=1S/C25H33N3O3/c1-8-31-17-9-16-13-28(23(26)21(16)27-12-17)14-20(29)15-10-18(24(2,3)4)22(30)19(11-15)25(5,6)7/h9-12,26,30H,8,13-14H2,1-7H3. The summed E-state index contributed by atoms with van der Waals surface area (Å²) in [6.07, 6.45) is 1.62. The van der Waals surface area contributed by atoms with Gasteiger partial charge in [-0.25, -0.2) is 4.98 Å². The highest BCUT2D eigenvalue weighted by molar-refractivity contribution is 6.04. The first-order chi connectivity index (χ1) is 14.3. The van der Waals surface area contributed by atoms with Gasteiger partial charge in [0.1, 0.15) is 23.0 Å². The van der Waals surface area contributed by atoms with Crippen molar-refractivity contribution < 1.29 is 14.6 Å². The van der Waals surface area contributed by atoms with Crippen molar-refractivity contribution in [3.05, 3.63) is 52.3 Å². The fraction of sp³-hybridized carbons (Fsp3) is 0.480. The number of phenols is 1. The Morgan fingerprint density at radius 2 is 1.71 bits per heavy atom. The van der Waals surface area contributed by atoms with Crippen molar-refractivity contribution in [1.29, 1.82) is 5.41 Å². The molecule has 2 N–H and O–H groups in total. The van der Waals surface area contributed by atoms with Crippen molar-refractivity contribution in [2.45, 2.75) is 65.8 Å². The van der Waals surface area contributed by atoms with E-state index in [0.29, 0.717) is 30.2 Å². The van der Waals surface area contributed by atoms with Gasteiger partial charge in [-0.1, -0.05) is 41.5 Å². The predicted octanol–water partition coefficient (Wildman–Crippen LogP) is 4.80. The summed E-state index contributed by atoms with van der Waals surface area (Å²) in [5, 5.41) is 19.4. The zero-order valence-electron chi connectivity index (χ0n) is 19.6. The van der Waals surface area contributed by atoms with Gasteiger partial charge in [0.25, 0.3) is 0 Å². The number of nitrogens with zero attached hydrogens (tertiary/aromatic N) is 2. The molecule has 0 amide bonds. The molecule has 0 spiro atoms. The minimum atomic E-state index is -0.309. The molecule has 1 aromatic heterocycles. The molecule has 0 unspecified atom stereocenters. The van der Waals surface area contributed by atoms with E-state index in [-0.39, 0.29) is 34.7 Å². The third-order valence-electron chi connectivity index (χ3n) is 5.54. The number of pyridine rings is 1. The van der Waals surface area contributed by atoms with Gasteiger partial charge in [-0.15, -0.1) is 0 Å². The van der Waals surface area contributed by atoms with E-state index in [1.54, 1.807) is 23.2 Å². The van der Waals surface area contributed by atoms with Gasteiger partial charge in [0, 0.05) is 28.8 Å². The summed E-state index contributed by atoms with van der Waals surface area (Å²) in [7, 11) is 0. The maximum atomic E-state index is 13.3. The van der Waals surface area contributed by atoms with Gasteiger partial charge >= 0.3 is 0 Å². The summed E-state index contributed by atoms with van der Waals surface area (Å²) in [6.45, 7) is 15.1. The highest BCUT2D eigenvalue weighted by atomic mass is 16.5. The number of rotatable bonds is 5. The maximum absolute atomic E-state index is 13.3. The Morgan fingerprint density at radius 3 is 2.23 bits per heavy atom. The fourth-order valence-corrected chi connectivity index (χ4v) is 3.84. The number of Topliss-reactive ketones (excluding diaryl/α,β-unsaturated/α-hetero) is 1. The van der Waals surface area contributed by atoms with Gasteiger partial charge in [-0.3, -0.25) is 10.2 Å². The Labute approximate surface area is 184 Å². The van der Waals surface area contributed by atoms with E-state index in [9.17, 15) is 9.90 Å². The number of fused-ring (bicyclic) bond motifs is 1. The normalized spacial score (nSPS) is 14.0. The van der Waals surface area contributed by atoms with Crippen LogP contribution in [0.25, 0.3) is 0 Å². The smallest absolute Gasteiger partial charge is 0.182 e. The average molecular weight is 424 g/mol. The predicted molar refractivity (Wildman–Crippen MR) is 122 cm³/mol. The SMILES string of the molecule is CCOc1cnc2c(c1)CN(CC(=O)c1cc(C(C)(C)C)c(O)c(C(C)(C)C)c1)C2=N. The van der Waals surface area contributed by atoms with Crippen LogP contribution < -0.4 is 4.74 Å². The third kappa shape index (κ3) is 4.58. The lowest BCUT2D eigenvalue weighted by Gasteiger charge is -2.28. The molecule has 1 aromatic carbocycles. The van der Waals surface area contributed by atoms with E-state index >= 15 is 0 Å². The molecule has 2 aromatic rings. The van der Waals surface area contributed by atoms with Gasteiger partial charge in [0.05, 0.1) is 19.3 Å². The van der Waals surface area contributed by atoms with Crippen molar-refractivity contribution in [2.75, 3.05) is 13.2 Å². The summed E-state index contributed by atoms with van der Waals surface area (Å²) in [5.41, 5.74) is 2.93. The number of carbonyl (C=O) groups is 1. The summed E-state index contributed by atoms with van der Waals surface area (Å²) in [6, 6.07) is 5.48. The zero-order valence-corrected chi connectivity index (χ0v) is 19.6. The number of aromatic hydroxyl groups is 1. The van der Waals surface area contributed by atoms with Gasteiger partial charge < -0.3 is 14.7 Å². The molecule has 3 rings (SSSR count). The molecule has 0 atom stereocenters. The Hall–Kier alpha value is -2.89. The van der Waals surface area contributed by atoms with Crippen LogP contribution in [0.5, 0.6) is 11.5 Å². The molecule has 6 heteroatoms. The van der Waals surface area contributed by atoms with Gasteiger partial charge in [-0.05, 0) is 36.0 Å². The Balaban J connectivity index is 1.91. The van der Waals surface area contributed by atoms with E-state index in [4.69, 9.17) is 10.1 Å². The first-order valence-electron chi connectivity index (χ1n) is 10.7. The maximum Gasteiger partial charge on any atom is 0.182 e. The van der Waals surface area contributed by atoms with E-state index in [2.05, 4.69) is 4.98 Å². The third-order valence-corrected chi connectivity index (χ3v) is 5.54. The molecule has 1 aliphatic heterocycles. The Morgan fingerprint density at radius 1 is 1.13 bits per heavy atom. The number of carbonyl (C=O) groups excluding carboxylic acids is 1. The van der Waals surface area contributed by atoms with Crippen molar-refractivity contribution >= 4 is 11.6 Å². The largest absolute Gasteiger partial charge is 0.507 e. The molecular formula is C25H33N3O3. The number of aromatic nitrogens is 1. The number of hydrogen-bond acceptors (Lipinski definition) is 5. The van der Waals surface area contributed by atoms with Crippen LogP contribution in [-0.2, 0) is 17.4 Å². The lowest BCUT2D eigenvalue weighted by atomic mass is 9.78. The minimum Gasteiger partial charge on any atom is -0.507 e. The second-order valence-corrected chi connectivity index (χ2v) is 10.2. The van der Waals surface area contributed by atoms with Crippen LogP contribution in [0, 0.1) is 5.41 Å². The molecule has 0 radical (unpaired) electrons. The fourth-order valence-electron chi connectivity index (χ4n) is 3.84. The van der Waals surface area contributed by atoms with E-state index in [1.165, 1.54) is 0 Å². The molecule has 6 nitrogen and oxygen atoms in total. The van der Waals surface area contributed by atoms with E-state index in [0.717, 1.165) is 16.7 Å². The first-order valence-corrected chi connectivity index (χ1v) is 10.7. The second-order valence-electron chi connectivity index (χ2n) is 10.2. The summed E-state index contributed by atoms with van der Waals surface area (Å²) < 4.78 is 5.51. The van der Waals surface area contributed by atoms with Gasteiger partial charge in [-0.2, -0.15) is 0 Å². The highest BCUT2D eigenvalue weighted by Crippen LogP contribution is 2.40. The van der Waals surface area contributed by atoms with E-state index in [1.807, 2.05) is 54.5 Å². The van der Waals surface area contributed by atoms with Gasteiger partial charge in [0.15, 0.2) is 5.78 Å². The summed E-state index contributed by atoms with van der Waals surface area (Å²) in [5.74, 6) is 1.09. The number of amidine groups is 1. The van der Waals surface area contributed by atoms with Crippen LogP contribution >= 0.6 is 0 Å². The highest BCUT2D eigenvalue weighted by Gasteiger charge is 2.31. The molecule has 0 saturated carbocycles. The minimum absolute atomic E-state index is 0.0805. The molecule has 0 saturated heterocycles. The van der Waals surface area contributed by atoms with Crippen LogP contribution in [0.2, 0.25) is 0 Å². The van der Waals surface area contributed by atoms with Crippen LogP contribution in [0.1, 0.15) is 81.2 Å². The van der Waals surface area contributed by atoms with E-state index < -0.39 is 0 Å². The van der Waals surface area contributed by atoms with Crippen molar-refractivity contribution in [1.82, 2.24) is 9.88 Å². The molecule has 0 aliphatic carbocycles. The Bertz CT molecular complexity index is 994. The summed E-state index contributed by atoms with van der Waals surface area (Å²) in [4.78, 5) is 19.4. The topological polar surface area (TPSA) is 86.5 Å². The van der Waals surface area contributed by atoms with Crippen LogP contribution in [-0.4, -0.2) is 39.8 Å². The lowest BCUT2D eigenvalue weighted by molar-refractivity contribution is 0.0962. The number of hydrogen-bond donors (Lipinski definition) is 2. The molecule has 166 valence electrons. The number of phenolic OH excluding ortho intramolecular Hbond substituents is 1. The Kier molecular flexibility index (Phi) is 5.87. The van der Waals surface area contributed by atoms with Gasteiger partial charge in [0.2, 0.25) is 0 Å². The number of ether oxygens (including phenoxy) is 1. The quantitative estimate of drug-likeness (QED) is 0.674. The molecule has 1 aliphatic rings. The van der Waals surface area contributed by atoms with Crippen LogP contribution in [0.4, 0.5) is 0 Å². The number of ketones is 1. The molecular weight excluding hydrogens is 390 g/mol. The van der Waals surface area contributed by atoms with Crippen molar-refractivity contribution in [2.24, 2.45) is 0 Å². The molecule has 2 heterocycles. The second kappa shape index (κ2) is 7.98. The molecule has 31 heavy (non-hydrogen) atoms. The van der Waals surface area contributed by atoms with Crippen molar-refractivity contribution in [3.63, 3.8) is 0 Å². The monoisotopic (exact) mass is 423 g/mol. The van der Waals surface area contributed by atoms with Crippen LogP contribution in [0.3, 0.4) is 0 Å². The average Bonchev–Trinajstić information content (AvgIpc) is 2.95. The molecule has 0 fully saturated rings. The number of benzene rings is 1. The molecule has 0 bridgehead atoms. The number of nitrogens with one attached hydrogen (secondary N) is 1. The van der Waals surface area contributed by atoms with Crippen molar-refractivity contribution in [3.8, 4) is 11.5 Å². The van der Waals surface area contributed by atoms with Crippen LogP contribution in [0.15, 0.2) is 24.4 Å². The first kappa shape index (κ1) is 22.8. The lowest BCUT2D eigenvalue weighted by Crippen LogP contribution is -2.31. The summed E-state index contributed by atoms with van der Waals surface area (Å²) >= 11 is 0.